The summed E-state index contributed by atoms with van der Waals surface area (Å²) in [4.78, 5) is 31.8. The molecule has 2 fully saturated rings. The summed E-state index contributed by atoms with van der Waals surface area (Å²) in [5.74, 6) is 1.28. The Bertz CT molecular complexity index is 1050. The second-order valence-corrected chi connectivity index (χ2v) is 12.4. The molecule has 4 heteroatoms. The van der Waals surface area contributed by atoms with Crippen molar-refractivity contribution in [3.63, 3.8) is 0 Å². The molecule has 1 amide bonds. The summed E-state index contributed by atoms with van der Waals surface area (Å²) >= 11 is 0. The number of Topliss-reactive ketones (excluding diaryl/α,β-unsaturated/α-hetero) is 1. The monoisotopic (exact) mass is 530 g/mol. The SMILES string of the molecule is CCCCCc1ccc(C(=O)N(Cc2cccc(C(=O)C3CCCC3)c2)C2CCN(CCC(C)C)CC2)cc1. The molecule has 4 rings (SSSR count). The van der Waals surface area contributed by atoms with Crippen molar-refractivity contribution >= 4 is 11.7 Å². The van der Waals surface area contributed by atoms with Crippen molar-refractivity contribution in [1.82, 2.24) is 9.80 Å². The molecule has 1 aliphatic heterocycles. The summed E-state index contributed by atoms with van der Waals surface area (Å²) in [6, 6.07) is 16.6. The van der Waals surface area contributed by atoms with E-state index < -0.39 is 0 Å². The molecular weight excluding hydrogens is 480 g/mol. The standard InChI is InChI=1S/C35H50N2O2/c1-4-5-6-10-28-15-17-31(18-16-28)35(39)37(33-20-23-36(24-21-33)22-19-27(2)3)26-29-11-9-14-32(25-29)34(38)30-12-7-8-13-30/h9,11,14-18,25,27,30,33H,4-8,10,12-13,19-24,26H2,1-3H3. The van der Waals surface area contributed by atoms with Gasteiger partial charge in [-0.15, -0.1) is 0 Å². The first-order chi connectivity index (χ1) is 18.9. The topological polar surface area (TPSA) is 40.6 Å². The second kappa shape index (κ2) is 14.8. The maximum Gasteiger partial charge on any atom is 0.254 e. The number of carbonyl (C=O) groups excluding carboxylic acids is 2. The summed E-state index contributed by atoms with van der Waals surface area (Å²) in [5.41, 5.74) is 3.95. The largest absolute Gasteiger partial charge is 0.331 e. The Morgan fingerprint density at radius 2 is 1.62 bits per heavy atom. The molecule has 39 heavy (non-hydrogen) atoms. The molecule has 0 spiro atoms. The van der Waals surface area contributed by atoms with Gasteiger partial charge in [0.15, 0.2) is 5.78 Å². The number of likely N-dealkylation sites (tertiary alicyclic amines) is 1. The van der Waals surface area contributed by atoms with Gasteiger partial charge >= 0.3 is 0 Å². The van der Waals surface area contributed by atoms with Gasteiger partial charge in [0.2, 0.25) is 0 Å². The molecule has 0 unspecified atom stereocenters. The van der Waals surface area contributed by atoms with Crippen molar-refractivity contribution in [3.8, 4) is 0 Å². The summed E-state index contributed by atoms with van der Waals surface area (Å²) < 4.78 is 0. The molecule has 1 heterocycles. The quantitative estimate of drug-likeness (QED) is 0.195. The van der Waals surface area contributed by atoms with Crippen LogP contribution in [0.15, 0.2) is 48.5 Å². The number of piperidine rings is 1. The maximum absolute atomic E-state index is 14.0. The van der Waals surface area contributed by atoms with Crippen LogP contribution in [0.4, 0.5) is 0 Å². The fourth-order valence-electron chi connectivity index (χ4n) is 6.26. The smallest absolute Gasteiger partial charge is 0.254 e. The Labute approximate surface area is 237 Å². The molecule has 0 N–H and O–H groups in total. The minimum absolute atomic E-state index is 0.114. The van der Waals surface area contributed by atoms with Crippen LogP contribution in [-0.4, -0.2) is 47.2 Å². The van der Waals surface area contributed by atoms with Gasteiger partial charge in [-0.1, -0.05) is 76.8 Å². The third-order valence-electron chi connectivity index (χ3n) is 8.84. The minimum Gasteiger partial charge on any atom is -0.331 e. The van der Waals surface area contributed by atoms with Crippen LogP contribution in [0.1, 0.15) is 117 Å². The van der Waals surface area contributed by atoms with Gasteiger partial charge in [-0.2, -0.15) is 0 Å². The predicted molar refractivity (Wildman–Crippen MR) is 161 cm³/mol. The van der Waals surface area contributed by atoms with Crippen LogP contribution >= 0.6 is 0 Å². The van der Waals surface area contributed by atoms with Crippen molar-refractivity contribution < 1.29 is 9.59 Å². The molecule has 1 aliphatic carbocycles. The van der Waals surface area contributed by atoms with E-state index >= 15 is 0 Å². The number of hydrogen-bond acceptors (Lipinski definition) is 3. The zero-order valence-electron chi connectivity index (χ0n) is 24.7. The number of benzene rings is 2. The molecule has 0 bridgehead atoms. The molecule has 0 atom stereocenters. The van der Waals surface area contributed by atoms with Crippen molar-refractivity contribution in [2.75, 3.05) is 19.6 Å². The van der Waals surface area contributed by atoms with Crippen LogP contribution < -0.4 is 0 Å². The van der Waals surface area contributed by atoms with Crippen molar-refractivity contribution in [2.24, 2.45) is 11.8 Å². The lowest BCUT2D eigenvalue weighted by Crippen LogP contribution is -2.47. The second-order valence-electron chi connectivity index (χ2n) is 12.4. The van der Waals surface area contributed by atoms with E-state index in [1.807, 2.05) is 24.3 Å². The number of unbranched alkanes of at least 4 members (excludes halogenated alkanes) is 2. The molecule has 4 nitrogen and oxygen atoms in total. The summed E-state index contributed by atoms with van der Waals surface area (Å²) in [6.07, 6.45) is 12.3. The zero-order chi connectivity index (χ0) is 27.6. The van der Waals surface area contributed by atoms with Crippen LogP contribution in [0.2, 0.25) is 0 Å². The average Bonchev–Trinajstić information content (AvgIpc) is 3.50. The van der Waals surface area contributed by atoms with Gasteiger partial charge in [-0.25, -0.2) is 0 Å². The first-order valence-corrected chi connectivity index (χ1v) is 15.7. The minimum atomic E-state index is 0.114. The van der Waals surface area contributed by atoms with E-state index in [4.69, 9.17) is 0 Å². The van der Waals surface area contributed by atoms with Crippen LogP contribution in [0.25, 0.3) is 0 Å². The van der Waals surface area contributed by atoms with Gasteiger partial charge < -0.3 is 9.80 Å². The predicted octanol–water partition coefficient (Wildman–Crippen LogP) is 7.95. The molecule has 2 aliphatic rings. The Morgan fingerprint density at radius 3 is 2.28 bits per heavy atom. The first-order valence-electron chi connectivity index (χ1n) is 15.7. The van der Waals surface area contributed by atoms with E-state index in [-0.39, 0.29) is 23.7 Å². The van der Waals surface area contributed by atoms with Gasteiger partial charge in [0.1, 0.15) is 0 Å². The number of nitrogens with zero attached hydrogens (tertiary/aromatic N) is 2. The molecule has 2 aromatic rings. The average molecular weight is 531 g/mol. The highest BCUT2D eigenvalue weighted by Gasteiger charge is 2.29. The first kappa shape index (κ1) is 29.5. The molecule has 0 aromatic heterocycles. The van der Waals surface area contributed by atoms with Crippen molar-refractivity contribution in [3.05, 3.63) is 70.8 Å². The number of carbonyl (C=O) groups is 2. The normalized spacial score (nSPS) is 17.1. The summed E-state index contributed by atoms with van der Waals surface area (Å²) in [7, 11) is 0. The molecule has 2 aromatic carbocycles. The fraction of sp³-hybridized carbons (Fsp3) is 0.600. The van der Waals surface area contributed by atoms with E-state index in [1.54, 1.807) is 0 Å². The highest BCUT2D eigenvalue weighted by atomic mass is 16.2. The van der Waals surface area contributed by atoms with E-state index in [1.165, 1.54) is 31.2 Å². The Morgan fingerprint density at radius 1 is 0.897 bits per heavy atom. The number of hydrogen-bond donors (Lipinski definition) is 0. The van der Waals surface area contributed by atoms with Gasteiger partial charge in [-0.3, -0.25) is 9.59 Å². The lowest BCUT2D eigenvalue weighted by atomic mass is 9.94. The molecule has 212 valence electrons. The third-order valence-corrected chi connectivity index (χ3v) is 8.84. The lowest BCUT2D eigenvalue weighted by molar-refractivity contribution is 0.0546. The highest BCUT2D eigenvalue weighted by Crippen LogP contribution is 2.29. The van der Waals surface area contributed by atoms with Gasteiger partial charge in [0.05, 0.1) is 0 Å². The Balaban J connectivity index is 1.49. The Kier molecular flexibility index (Phi) is 11.2. The number of aryl methyl sites for hydroxylation is 1. The Hall–Kier alpha value is -2.46. The molecule has 1 saturated heterocycles. The van der Waals surface area contributed by atoms with Crippen LogP contribution in [0.3, 0.4) is 0 Å². The van der Waals surface area contributed by atoms with Gasteiger partial charge in [0.25, 0.3) is 5.91 Å². The van der Waals surface area contributed by atoms with Crippen LogP contribution in [-0.2, 0) is 13.0 Å². The van der Waals surface area contributed by atoms with Crippen LogP contribution in [0, 0.1) is 11.8 Å². The van der Waals surface area contributed by atoms with E-state index in [0.29, 0.717) is 12.5 Å². The fourth-order valence-corrected chi connectivity index (χ4v) is 6.26. The van der Waals surface area contributed by atoms with Gasteiger partial charge in [-0.05, 0) is 86.7 Å². The van der Waals surface area contributed by atoms with Crippen molar-refractivity contribution in [2.45, 2.75) is 104 Å². The van der Waals surface area contributed by atoms with E-state index in [0.717, 1.165) is 81.3 Å². The summed E-state index contributed by atoms with van der Waals surface area (Å²) in [5, 5.41) is 0. The number of ketones is 1. The summed E-state index contributed by atoms with van der Waals surface area (Å²) in [6.45, 7) is 10.6. The molecule has 1 saturated carbocycles. The zero-order valence-corrected chi connectivity index (χ0v) is 24.7. The number of rotatable bonds is 13. The van der Waals surface area contributed by atoms with Crippen LogP contribution in [0.5, 0.6) is 0 Å². The number of amides is 1. The molecule has 0 radical (unpaired) electrons. The van der Waals surface area contributed by atoms with Crippen molar-refractivity contribution in [1.29, 1.82) is 0 Å². The van der Waals surface area contributed by atoms with E-state index in [2.05, 4.69) is 54.8 Å². The van der Waals surface area contributed by atoms with E-state index in [9.17, 15) is 9.59 Å². The lowest BCUT2D eigenvalue weighted by Gasteiger charge is -2.39. The third kappa shape index (κ3) is 8.51. The van der Waals surface area contributed by atoms with Gasteiger partial charge in [0, 0.05) is 42.7 Å². The highest BCUT2D eigenvalue weighted by molar-refractivity contribution is 5.98. The maximum atomic E-state index is 14.0. The molecular formula is C35H50N2O2.